The second-order valence-corrected chi connectivity index (χ2v) is 3.34. The van der Waals surface area contributed by atoms with Gasteiger partial charge in [0.15, 0.2) is 0 Å². The van der Waals surface area contributed by atoms with Crippen molar-refractivity contribution in [2.45, 2.75) is 31.3 Å². The van der Waals surface area contributed by atoms with E-state index in [2.05, 4.69) is 5.32 Å². The highest BCUT2D eigenvalue weighted by molar-refractivity contribution is 5.73. The summed E-state index contributed by atoms with van der Waals surface area (Å²) in [5.41, 5.74) is 0. The molecule has 14 heavy (non-hydrogen) atoms. The lowest BCUT2D eigenvalue weighted by Crippen LogP contribution is -2.59. The van der Waals surface area contributed by atoms with Crippen LogP contribution >= 0.6 is 0 Å². The summed E-state index contributed by atoms with van der Waals surface area (Å²) in [5, 5.41) is 30.2. The van der Waals surface area contributed by atoms with Gasteiger partial charge in [-0.15, -0.1) is 0 Å². The minimum Gasteiger partial charge on any atom is -0.394 e. The third-order valence-electron chi connectivity index (χ3n) is 2.20. The van der Waals surface area contributed by atoms with E-state index in [1.165, 1.54) is 6.92 Å². The number of carbonyl (C=O) groups excluding carboxylic acids is 1. The van der Waals surface area contributed by atoms with Gasteiger partial charge in [0.1, 0.15) is 18.3 Å². The minimum atomic E-state index is -1.18. The Morgan fingerprint density at radius 1 is 1.50 bits per heavy atom. The topological polar surface area (TPSA) is 99.0 Å². The Balaban J connectivity index is 2.54. The van der Waals surface area contributed by atoms with E-state index in [1.54, 1.807) is 0 Å². The molecule has 82 valence electrons. The molecule has 0 aromatic carbocycles. The summed E-state index contributed by atoms with van der Waals surface area (Å²) < 4.78 is 5.05. The monoisotopic (exact) mass is 205 g/mol. The molecule has 4 N–H and O–H groups in total. The molecule has 3 unspecified atom stereocenters. The largest absolute Gasteiger partial charge is 0.394 e. The van der Waals surface area contributed by atoms with Crippen LogP contribution in [-0.4, -0.2) is 58.8 Å². The van der Waals surface area contributed by atoms with Crippen molar-refractivity contribution in [1.29, 1.82) is 0 Å². The fourth-order valence-corrected chi connectivity index (χ4v) is 1.43. The maximum Gasteiger partial charge on any atom is 0.217 e. The van der Waals surface area contributed by atoms with Crippen LogP contribution in [0.1, 0.15) is 6.92 Å². The summed E-state index contributed by atoms with van der Waals surface area (Å²) >= 11 is 0. The fraction of sp³-hybridized carbons (Fsp3) is 0.875. The number of aliphatic hydroxyl groups is 3. The van der Waals surface area contributed by atoms with Crippen LogP contribution in [0.4, 0.5) is 0 Å². The first-order chi connectivity index (χ1) is 6.56. The van der Waals surface area contributed by atoms with Gasteiger partial charge in [0.05, 0.1) is 19.3 Å². The second-order valence-electron chi connectivity index (χ2n) is 3.34. The normalized spacial score (nSPS) is 38.0. The molecular formula is C8H15NO5. The van der Waals surface area contributed by atoms with E-state index in [-0.39, 0.29) is 19.1 Å². The standard InChI is InChI=1S/C8H15NO5/c1-4(11)9-5-3-14-6(2-10)8(13)7(5)12/h5-8,10,12-13H,2-3H2,1H3,(H,9,11)/t5-,6?,7?,8?/m1/s1. The third kappa shape index (κ3) is 2.42. The average molecular weight is 205 g/mol. The smallest absolute Gasteiger partial charge is 0.217 e. The second kappa shape index (κ2) is 4.70. The number of aliphatic hydroxyl groups excluding tert-OH is 3. The van der Waals surface area contributed by atoms with E-state index in [0.29, 0.717) is 0 Å². The molecule has 0 bridgehead atoms. The number of amides is 1. The Labute approximate surface area is 81.5 Å². The van der Waals surface area contributed by atoms with Crippen LogP contribution in [0.3, 0.4) is 0 Å². The van der Waals surface area contributed by atoms with Crippen LogP contribution in [0.5, 0.6) is 0 Å². The Morgan fingerprint density at radius 2 is 2.14 bits per heavy atom. The van der Waals surface area contributed by atoms with Crippen molar-refractivity contribution in [2.75, 3.05) is 13.2 Å². The molecule has 0 aromatic rings. The number of hydrogen-bond acceptors (Lipinski definition) is 5. The van der Waals surface area contributed by atoms with Gasteiger partial charge in [0.25, 0.3) is 0 Å². The fourth-order valence-electron chi connectivity index (χ4n) is 1.43. The van der Waals surface area contributed by atoms with E-state index in [1.807, 2.05) is 0 Å². The molecule has 0 saturated carbocycles. The number of nitrogens with one attached hydrogen (secondary N) is 1. The molecule has 1 aliphatic rings. The van der Waals surface area contributed by atoms with E-state index in [9.17, 15) is 15.0 Å². The van der Waals surface area contributed by atoms with Crippen molar-refractivity contribution in [1.82, 2.24) is 5.32 Å². The summed E-state index contributed by atoms with van der Waals surface area (Å²) in [6.45, 7) is 1.05. The molecule has 6 nitrogen and oxygen atoms in total. The van der Waals surface area contributed by atoms with Crippen molar-refractivity contribution in [3.05, 3.63) is 0 Å². The van der Waals surface area contributed by atoms with Crippen LogP contribution in [-0.2, 0) is 9.53 Å². The molecule has 6 heteroatoms. The van der Waals surface area contributed by atoms with Crippen molar-refractivity contribution >= 4 is 5.91 Å². The Kier molecular flexibility index (Phi) is 3.82. The van der Waals surface area contributed by atoms with Crippen LogP contribution in [0, 0.1) is 0 Å². The summed E-state index contributed by atoms with van der Waals surface area (Å²) in [4.78, 5) is 10.7. The van der Waals surface area contributed by atoms with Crippen molar-refractivity contribution in [3.8, 4) is 0 Å². The van der Waals surface area contributed by atoms with Crippen molar-refractivity contribution in [2.24, 2.45) is 0 Å². The van der Waals surface area contributed by atoms with Crippen LogP contribution in [0.2, 0.25) is 0 Å². The predicted molar refractivity (Wildman–Crippen MR) is 46.4 cm³/mol. The molecule has 4 atom stereocenters. The predicted octanol–water partition coefficient (Wildman–Crippen LogP) is -2.40. The number of carbonyl (C=O) groups is 1. The van der Waals surface area contributed by atoms with Gasteiger partial charge in [0, 0.05) is 6.92 Å². The van der Waals surface area contributed by atoms with E-state index in [0.717, 1.165) is 0 Å². The molecular weight excluding hydrogens is 190 g/mol. The first kappa shape index (κ1) is 11.4. The quantitative estimate of drug-likeness (QED) is 0.403. The van der Waals surface area contributed by atoms with Crippen LogP contribution < -0.4 is 5.32 Å². The lowest BCUT2D eigenvalue weighted by Gasteiger charge is -2.36. The van der Waals surface area contributed by atoms with Crippen molar-refractivity contribution < 1.29 is 24.9 Å². The van der Waals surface area contributed by atoms with Gasteiger partial charge in [0.2, 0.25) is 5.91 Å². The molecule has 1 aliphatic heterocycles. The zero-order valence-electron chi connectivity index (χ0n) is 7.88. The number of ether oxygens (including phenoxy) is 1. The zero-order chi connectivity index (χ0) is 10.7. The number of hydrogen-bond donors (Lipinski definition) is 4. The van der Waals surface area contributed by atoms with E-state index >= 15 is 0 Å². The molecule has 1 fully saturated rings. The average Bonchev–Trinajstić information content (AvgIpc) is 2.13. The molecule has 1 heterocycles. The summed E-state index contributed by atoms with van der Waals surface area (Å²) in [6.07, 6.45) is -3.06. The highest BCUT2D eigenvalue weighted by atomic mass is 16.5. The van der Waals surface area contributed by atoms with Crippen LogP contribution in [0.25, 0.3) is 0 Å². The lowest BCUT2D eigenvalue weighted by molar-refractivity contribution is -0.164. The first-order valence-corrected chi connectivity index (χ1v) is 4.42. The van der Waals surface area contributed by atoms with Crippen LogP contribution in [0.15, 0.2) is 0 Å². The maximum absolute atomic E-state index is 10.7. The highest BCUT2D eigenvalue weighted by Crippen LogP contribution is 2.14. The SMILES string of the molecule is CC(=O)N[C@@H]1COC(CO)C(O)C1O. The van der Waals surface area contributed by atoms with Gasteiger partial charge in [-0.05, 0) is 0 Å². The van der Waals surface area contributed by atoms with E-state index < -0.39 is 24.4 Å². The van der Waals surface area contributed by atoms with Crippen molar-refractivity contribution in [3.63, 3.8) is 0 Å². The zero-order valence-corrected chi connectivity index (χ0v) is 7.88. The molecule has 1 amide bonds. The van der Waals surface area contributed by atoms with E-state index in [4.69, 9.17) is 9.84 Å². The van der Waals surface area contributed by atoms with Gasteiger partial charge < -0.3 is 25.4 Å². The molecule has 0 spiro atoms. The Hall–Kier alpha value is -0.690. The van der Waals surface area contributed by atoms with Gasteiger partial charge in [-0.3, -0.25) is 4.79 Å². The minimum absolute atomic E-state index is 0.0863. The first-order valence-electron chi connectivity index (χ1n) is 4.42. The highest BCUT2D eigenvalue weighted by Gasteiger charge is 2.38. The summed E-state index contributed by atoms with van der Waals surface area (Å²) in [5.74, 6) is -0.299. The number of rotatable bonds is 2. The molecule has 0 aromatic heterocycles. The van der Waals surface area contributed by atoms with Gasteiger partial charge in [-0.1, -0.05) is 0 Å². The van der Waals surface area contributed by atoms with Gasteiger partial charge >= 0.3 is 0 Å². The molecule has 1 rings (SSSR count). The molecule has 1 saturated heterocycles. The lowest BCUT2D eigenvalue weighted by atomic mass is 9.98. The summed E-state index contributed by atoms with van der Waals surface area (Å²) in [6, 6.07) is -0.620. The maximum atomic E-state index is 10.7. The van der Waals surface area contributed by atoms with Gasteiger partial charge in [-0.2, -0.15) is 0 Å². The Bertz CT molecular complexity index is 210. The molecule has 0 aliphatic carbocycles. The molecule has 0 radical (unpaired) electrons. The van der Waals surface area contributed by atoms with Gasteiger partial charge in [-0.25, -0.2) is 0 Å². The Morgan fingerprint density at radius 3 is 2.64 bits per heavy atom. The third-order valence-corrected chi connectivity index (χ3v) is 2.20. The summed E-state index contributed by atoms with van der Waals surface area (Å²) in [7, 11) is 0.